The van der Waals surface area contributed by atoms with Crippen LogP contribution in [0.3, 0.4) is 0 Å². The van der Waals surface area contributed by atoms with E-state index in [1.165, 1.54) is 31.2 Å². The second-order valence-electron chi connectivity index (χ2n) is 4.90. The van der Waals surface area contributed by atoms with Gasteiger partial charge >= 0.3 is 5.97 Å². The van der Waals surface area contributed by atoms with Crippen molar-refractivity contribution in [3.05, 3.63) is 71.0 Å². The molecule has 0 saturated carbocycles. The summed E-state index contributed by atoms with van der Waals surface area (Å²) in [6.07, 6.45) is 1.23. The standard InChI is InChI=1S/C18H15ClFNO3/c1-12(18(23)21-13-6-3-2-4-7-13)24-17(22)11-10-14-15(19)8-5-9-16(14)20/h2-12H,1H3,(H,21,23)/b11-10+. The molecule has 4 nitrogen and oxygen atoms in total. The molecule has 0 heterocycles. The van der Waals surface area contributed by atoms with Crippen LogP contribution >= 0.6 is 11.6 Å². The molecular formula is C18H15ClFNO3. The third-order valence-electron chi connectivity index (χ3n) is 3.09. The van der Waals surface area contributed by atoms with Crippen LogP contribution in [0.4, 0.5) is 10.1 Å². The van der Waals surface area contributed by atoms with Gasteiger partial charge in [0.25, 0.3) is 5.91 Å². The third kappa shape index (κ3) is 4.93. The quantitative estimate of drug-likeness (QED) is 0.655. The number of ether oxygens (including phenoxy) is 1. The number of para-hydroxylation sites is 1. The summed E-state index contributed by atoms with van der Waals surface area (Å²) in [5, 5.41) is 2.79. The van der Waals surface area contributed by atoms with Crippen LogP contribution < -0.4 is 5.32 Å². The molecule has 2 aromatic carbocycles. The molecule has 24 heavy (non-hydrogen) atoms. The predicted molar refractivity (Wildman–Crippen MR) is 91.1 cm³/mol. The van der Waals surface area contributed by atoms with Gasteiger partial charge in [0.05, 0.1) is 5.02 Å². The zero-order chi connectivity index (χ0) is 17.5. The van der Waals surface area contributed by atoms with E-state index in [0.717, 1.165) is 6.08 Å². The molecule has 0 spiro atoms. The number of nitrogens with one attached hydrogen (secondary N) is 1. The minimum absolute atomic E-state index is 0.0810. The zero-order valence-electron chi connectivity index (χ0n) is 12.8. The van der Waals surface area contributed by atoms with Gasteiger partial charge in [-0.25, -0.2) is 9.18 Å². The molecule has 2 rings (SSSR count). The van der Waals surface area contributed by atoms with Crippen LogP contribution in [0.2, 0.25) is 5.02 Å². The molecule has 1 N–H and O–H groups in total. The fourth-order valence-electron chi connectivity index (χ4n) is 1.85. The number of hydrogen-bond donors (Lipinski definition) is 1. The van der Waals surface area contributed by atoms with Gasteiger partial charge in [0, 0.05) is 17.3 Å². The molecule has 0 aromatic heterocycles. The summed E-state index contributed by atoms with van der Waals surface area (Å²) in [6.45, 7) is 1.44. The van der Waals surface area contributed by atoms with Crippen LogP contribution in [0, 0.1) is 5.82 Å². The van der Waals surface area contributed by atoms with Gasteiger partial charge in [-0.05, 0) is 37.3 Å². The molecule has 6 heteroatoms. The average Bonchev–Trinajstić information content (AvgIpc) is 2.55. The van der Waals surface area contributed by atoms with Gasteiger partial charge in [-0.15, -0.1) is 0 Å². The molecule has 124 valence electrons. The molecule has 0 aliphatic heterocycles. The number of esters is 1. The van der Waals surface area contributed by atoms with E-state index in [1.54, 1.807) is 24.3 Å². The van der Waals surface area contributed by atoms with E-state index in [1.807, 2.05) is 6.07 Å². The van der Waals surface area contributed by atoms with E-state index in [9.17, 15) is 14.0 Å². The van der Waals surface area contributed by atoms with Crippen molar-refractivity contribution in [3.8, 4) is 0 Å². The summed E-state index contributed by atoms with van der Waals surface area (Å²) in [5.41, 5.74) is 0.677. The SMILES string of the molecule is CC(OC(=O)/C=C/c1c(F)cccc1Cl)C(=O)Nc1ccccc1. The second-order valence-corrected chi connectivity index (χ2v) is 5.31. The highest BCUT2D eigenvalue weighted by Gasteiger charge is 2.16. The second kappa shape index (κ2) is 8.26. The molecule has 0 fully saturated rings. The van der Waals surface area contributed by atoms with Crippen molar-refractivity contribution in [2.24, 2.45) is 0 Å². The number of halogens is 2. The van der Waals surface area contributed by atoms with Crippen LogP contribution in [0.5, 0.6) is 0 Å². The minimum Gasteiger partial charge on any atom is -0.449 e. The first-order valence-corrected chi connectivity index (χ1v) is 7.54. The van der Waals surface area contributed by atoms with Crippen molar-refractivity contribution in [1.29, 1.82) is 0 Å². The fraction of sp³-hybridized carbons (Fsp3) is 0.111. The maximum atomic E-state index is 13.6. The molecular weight excluding hydrogens is 333 g/mol. The van der Waals surface area contributed by atoms with Gasteiger partial charge in [0.2, 0.25) is 0 Å². The van der Waals surface area contributed by atoms with Crippen molar-refractivity contribution in [3.63, 3.8) is 0 Å². The van der Waals surface area contributed by atoms with E-state index in [-0.39, 0.29) is 10.6 Å². The Balaban J connectivity index is 1.94. The summed E-state index contributed by atoms with van der Waals surface area (Å²) >= 11 is 5.85. The number of anilines is 1. The molecule has 0 radical (unpaired) electrons. The van der Waals surface area contributed by atoms with Crippen LogP contribution in [-0.4, -0.2) is 18.0 Å². The summed E-state index contributed by atoms with van der Waals surface area (Å²) in [6, 6.07) is 13.0. The van der Waals surface area contributed by atoms with Crippen LogP contribution in [0.25, 0.3) is 6.08 Å². The van der Waals surface area contributed by atoms with E-state index >= 15 is 0 Å². The first-order chi connectivity index (χ1) is 11.5. The van der Waals surface area contributed by atoms with Gasteiger partial charge < -0.3 is 10.1 Å². The molecule has 0 aliphatic carbocycles. The molecule has 0 saturated heterocycles. The van der Waals surface area contributed by atoms with Gasteiger partial charge in [0.1, 0.15) is 5.82 Å². The number of benzene rings is 2. The molecule has 1 unspecified atom stereocenters. The van der Waals surface area contributed by atoms with Crippen LogP contribution in [-0.2, 0) is 14.3 Å². The molecule has 1 atom stereocenters. The maximum Gasteiger partial charge on any atom is 0.331 e. The Labute approximate surface area is 143 Å². The van der Waals surface area contributed by atoms with Crippen molar-refractivity contribution < 1.29 is 18.7 Å². The Morgan fingerprint density at radius 2 is 1.88 bits per heavy atom. The lowest BCUT2D eigenvalue weighted by Crippen LogP contribution is -2.29. The van der Waals surface area contributed by atoms with Gasteiger partial charge in [0.15, 0.2) is 6.10 Å². The lowest BCUT2D eigenvalue weighted by atomic mass is 10.2. The Morgan fingerprint density at radius 1 is 1.17 bits per heavy atom. The largest absolute Gasteiger partial charge is 0.449 e. The average molecular weight is 348 g/mol. The first-order valence-electron chi connectivity index (χ1n) is 7.16. The Kier molecular flexibility index (Phi) is 6.09. The van der Waals surface area contributed by atoms with E-state index < -0.39 is 23.8 Å². The zero-order valence-corrected chi connectivity index (χ0v) is 13.6. The molecule has 2 aromatic rings. The van der Waals surface area contributed by atoms with Crippen molar-refractivity contribution in [1.82, 2.24) is 0 Å². The Hall–Kier alpha value is -2.66. The van der Waals surface area contributed by atoms with E-state index in [2.05, 4.69) is 5.32 Å². The fourth-order valence-corrected chi connectivity index (χ4v) is 2.08. The van der Waals surface area contributed by atoms with Crippen LogP contribution in [0.15, 0.2) is 54.6 Å². The monoisotopic (exact) mass is 347 g/mol. The van der Waals surface area contributed by atoms with Gasteiger partial charge in [-0.3, -0.25) is 4.79 Å². The number of hydrogen-bond acceptors (Lipinski definition) is 3. The smallest absolute Gasteiger partial charge is 0.331 e. The van der Waals surface area contributed by atoms with Gasteiger partial charge in [-0.1, -0.05) is 35.9 Å². The summed E-state index contributed by atoms with van der Waals surface area (Å²) in [5.74, 6) is -1.79. The van der Waals surface area contributed by atoms with Crippen LogP contribution in [0.1, 0.15) is 12.5 Å². The summed E-state index contributed by atoms with van der Waals surface area (Å²) in [4.78, 5) is 23.7. The topological polar surface area (TPSA) is 55.4 Å². The Bertz CT molecular complexity index is 742. The van der Waals surface area contributed by atoms with Gasteiger partial charge in [-0.2, -0.15) is 0 Å². The van der Waals surface area contributed by atoms with Crippen molar-refractivity contribution >= 4 is 35.2 Å². The lowest BCUT2D eigenvalue weighted by Gasteiger charge is -2.12. The van der Waals surface area contributed by atoms with E-state index in [0.29, 0.717) is 5.69 Å². The number of carbonyl (C=O) groups excluding carboxylic acids is 2. The predicted octanol–water partition coefficient (Wildman–Crippen LogP) is 4.06. The summed E-state index contributed by atoms with van der Waals surface area (Å²) < 4.78 is 18.6. The first kappa shape index (κ1) is 17.7. The highest BCUT2D eigenvalue weighted by molar-refractivity contribution is 6.32. The Morgan fingerprint density at radius 3 is 2.54 bits per heavy atom. The highest BCUT2D eigenvalue weighted by atomic mass is 35.5. The minimum atomic E-state index is -1.00. The molecule has 1 amide bonds. The summed E-state index contributed by atoms with van der Waals surface area (Å²) in [7, 11) is 0. The number of rotatable bonds is 5. The van der Waals surface area contributed by atoms with E-state index in [4.69, 9.17) is 16.3 Å². The lowest BCUT2D eigenvalue weighted by molar-refractivity contribution is -0.148. The normalized spacial score (nSPS) is 12.0. The highest BCUT2D eigenvalue weighted by Crippen LogP contribution is 2.20. The number of carbonyl (C=O) groups is 2. The third-order valence-corrected chi connectivity index (χ3v) is 3.42. The number of amides is 1. The van der Waals surface area contributed by atoms with Crippen molar-refractivity contribution in [2.75, 3.05) is 5.32 Å². The maximum absolute atomic E-state index is 13.6. The van der Waals surface area contributed by atoms with Crippen molar-refractivity contribution in [2.45, 2.75) is 13.0 Å². The molecule has 0 aliphatic rings. The molecule has 0 bridgehead atoms.